The number of benzene rings is 1. The van der Waals surface area contributed by atoms with Gasteiger partial charge in [-0.3, -0.25) is 0 Å². The monoisotopic (exact) mass is 495 g/mol. The fourth-order valence-corrected chi connectivity index (χ4v) is 6.07. The maximum Gasteiger partial charge on any atom is 0.417 e. The number of hydrogen-bond acceptors (Lipinski definition) is 4. The predicted molar refractivity (Wildman–Crippen MR) is 130 cm³/mol. The summed E-state index contributed by atoms with van der Waals surface area (Å²) in [6.45, 7) is 2.24. The van der Waals surface area contributed by atoms with Gasteiger partial charge in [0.15, 0.2) is 5.82 Å². The van der Waals surface area contributed by atoms with Gasteiger partial charge in [0.25, 0.3) is 0 Å². The van der Waals surface area contributed by atoms with Crippen LogP contribution in [0.2, 0.25) is 0 Å². The van der Waals surface area contributed by atoms with E-state index in [9.17, 15) is 17.6 Å². The van der Waals surface area contributed by atoms with Gasteiger partial charge in [0.1, 0.15) is 17.3 Å². The third kappa shape index (κ3) is 4.00. The van der Waals surface area contributed by atoms with Crippen molar-refractivity contribution in [3.63, 3.8) is 0 Å². The highest BCUT2D eigenvalue weighted by molar-refractivity contribution is 5.92. The van der Waals surface area contributed by atoms with Crippen LogP contribution in [0.25, 0.3) is 33.7 Å². The number of halogens is 4. The molecule has 3 aliphatic carbocycles. The first-order valence-electron chi connectivity index (χ1n) is 12.2. The summed E-state index contributed by atoms with van der Waals surface area (Å²) in [4.78, 5) is 16.3. The molecule has 3 heterocycles. The summed E-state index contributed by atoms with van der Waals surface area (Å²) in [6, 6.07) is 8.50. The number of H-pyrrole nitrogens is 1. The molecular weight excluding hydrogens is 470 g/mol. The highest BCUT2D eigenvalue weighted by Gasteiger charge is 2.41. The van der Waals surface area contributed by atoms with E-state index in [4.69, 9.17) is 4.98 Å². The zero-order valence-corrected chi connectivity index (χ0v) is 19.6. The standard InChI is InChI=1S/C27H25F4N5/c1-14-15-6-8-16(9-7-15)24(14)35-23-11-22(18-4-2-3-5-21(18)27(29,30)31)34-26(36-23)20-13-33-25-19(20)10-17(28)12-32-25/h2-5,10-16,24H,6-9H2,1H3,(H,32,33)(H,34,35,36). The van der Waals surface area contributed by atoms with E-state index in [1.165, 1.54) is 31.0 Å². The summed E-state index contributed by atoms with van der Waals surface area (Å²) < 4.78 is 55.6. The third-order valence-corrected chi connectivity index (χ3v) is 7.92. The average Bonchev–Trinajstić information content (AvgIpc) is 3.29. The summed E-state index contributed by atoms with van der Waals surface area (Å²) in [5.74, 6) is 1.73. The Kier molecular flexibility index (Phi) is 5.46. The van der Waals surface area contributed by atoms with Crippen molar-refractivity contribution in [2.45, 2.75) is 44.8 Å². The van der Waals surface area contributed by atoms with E-state index in [-0.39, 0.29) is 23.1 Å². The fourth-order valence-electron chi connectivity index (χ4n) is 6.07. The molecule has 9 heteroatoms. The number of alkyl halides is 3. The summed E-state index contributed by atoms with van der Waals surface area (Å²) in [7, 11) is 0. The lowest BCUT2D eigenvalue weighted by Crippen LogP contribution is -2.47. The van der Waals surface area contributed by atoms with Crippen LogP contribution in [-0.2, 0) is 6.18 Å². The van der Waals surface area contributed by atoms with E-state index >= 15 is 0 Å². The molecule has 36 heavy (non-hydrogen) atoms. The zero-order chi connectivity index (χ0) is 25.0. The number of hydrogen-bond donors (Lipinski definition) is 2. The van der Waals surface area contributed by atoms with Crippen molar-refractivity contribution in [3.05, 3.63) is 60.2 Å². The Hall–Kier alpha value is -3.49. The van der Waals surface area contributed by atoms with Crippen LogP contribution in [0.3, 0.4) is 0 Å². The number of fused-ring (bicyclic) bond motifs is 4. The molecule has 0 radical (unpaired) electrons. The lowest BCUT2D eigenvalue weighted by molar-refractivity contribution is -0.137. The van der Waals surface area contributed by atoms with Crippen LogP contribution < -0.4 is 5.32 Å². The maximum atomic E-state index is 14.0. The molecule has 0 amide bonds. The minimum atomic E-state index is -4.54. The second-order valence-corrected chi connectivity index (χ2v) is 9.96. The SMILES string of the molecule is CC1C2CCC(CC2)C1Nc1cc(-c2ccccc2C(F)(F)F)nc(-c2c[nH]c3ncc(F)cc23)n1. The van der Waals surface area contributed by atoms with Crippen molar-refractivity contribution in [3.8, 4) is 22.6 Å². The summed E-state index contributed by atoms with van der Waals surface area (Å²) in [6.07, 6.45) is 2.89. The topological polar surface area (TPSA) is 66.5 Å². The number of anilines is 1. The largest absolute Gasteiger partial charge is 0.417 e. The highest BCUT2D eigenvalue weighted by atomic mass is 19.4. The number of aromatic amines is 1. The highest BCUT2D eigenvalue weighted by Crippen LogP contribution is 2.46. The zero-order valence-electron chi connectivity index (χ0n) is 19.6. The van der Waals surface area contributed by atoms with Crippen molar-refractivity contribution < 1.29 is 17.6 Å². The van der Waals surface area contributed by atoms with E-state index in [0.717, 1.165) is 25.1 Å². The minimum Gasteiger partial charge on any atom is -0.367 e. The van der Waals surface area contributed by atoms with Gasteiger partial charge in [-0.25, -0.2) is 19.3 Å². The summed E-state index contributed by atoms with van der Waals surface area (Å²) in [5.41, 5.74) is 0.285. The van der Waals surface area contributed by atoms with Gasteiger partial charge in [0.05, 0.1) is 17.5 Å². The predicted octanol–water partition coefficient (Wildman–Crippen LogP) is 7.08. The van der Waals surface area contributed by atoms with Gasteiger partial charge in [0, 0.05) is 34.8 Å². The van der Waals surface area contributed by atoms with Crippen LogP contribution in [-0.4, -0.2) is 26.0 Å². The Labute approximate surface area is 205 Å². The molecule has 0 saturated heterocycles. The summed E-state index contributed by atoms with van der Waals surface area (Å²) in [5, 5.41) is 4.03. The van der Waals surface area contributed by atoms with E-state index < -0.39 is 17.6 Å². The Morgan fingerprint density at radius 3 is 2.47 bits per heavy atom. The molecule has 5 nitrogen and oxygen atoms in total. The minimum absolute atomic E-state index is 0.0286. The van der Waals surface area contributed by atoms with Crippen LogP contribution in [0.1, 0.15) is 38.2 Å². The molecule has 3 saturated carbocycles. The smallest absolute Gasteiger partial charge is 0.367 e. The quantitative estimate of drug-likeness (QED) is 0.297. The second kappa shape index (κ2) is 8.57. The number of nitrogens with one attached hydrogen (secondary N) is 2. The van der Waals surface area contributed by atoms with Crippen molar-refractivity contribution in [2.75, 3.05) is 5.32 Å². The van der Waals surface area contributed by atoms with Crippen molar-refractivity contribution in [2.24, 2.45) is 17.8 Å². The average molecular weight is 496 g/mol. The van der Waals surface area contributed by atoms with Gasteiger partial charge in [-0.1, -0.05) is 25.1 Å². The van der Waals surface area contributed by atoms with Gasteiger partial charge in [-0.2, -0.15) is 13.2 Å². The van der Waals surface area contributed by atoms with Crippen LogP contribution in [0.5, 0.6) is 0 Å². The Bertz CT molecular complexity index is 1420. The van der Waals surface area contributed by atoms with E-state index in [2.05, 4.69) is 27.2 Å². The molecule has 0 aliphatic heterocycles. The lowest BCUT2D eigenvalue weighted by atomic mass is 9.62. The molecule has 2 unspecified atom stereocenters. The number of pyridine rings is 1. The van der Waals surface area contributed by atoms with E-state index in [1.54, 1.807) is 18.3 Å². The van der Waals surface area contributed by atoms with Gasteiger partial charge in [-0.15, -0.1) is 0 Å². The molecule has 7 rings (SSSR count). The van der Waals surface area contributed by atoms with Crippen LogP contribution in [0.4, 0.5) is 23.4 Å². The van der Waals surface area contributed by atoms with Gasteiger partial charge >= 0.3 is 6.18 Å². The first-order valence-corrected chi connectivity index (χ1v) is 12.2. The van der Waals surface area contributed by atoms with Crippen LogP contribution in [0.15, 0.2) is 48.8 Å². The second-order valence-electron chi connectivity index (χ2n) is 9.96. The van der Waals surface area contributed by atoms with Crippen LogP contribution in [0, 0.1) is 23.6 Å². The Balaban J connectivity index is 1.50. The third-order valence-electron chi connectivity index (χ3n) is 7.92. The fraction of sp³-hybridized carbons (Fsp3) is 0.370. The van der Waals surface area contributed by atoms with Crippen molar-refractivity contribution in [1.29, 1.82) is 0 Å². The molecule has 1 aromatic carbocycles. The number of rotatable bonds is 4. The van der Waals surface area contributed by atoms with Crippen molar-refractivity contribution in [1.82, 2.24) is 19.9 Å². The molecule has 186 valence electrons. The molecule has 3 fully saturated rings. The molecule has 0 spiro atoms. The molecule has 2 atom stereocenters. The van der Waals surface area contributed by atoms with Crippen LogP contribution >= 0.6 is 0 Å². The summed E-state index contributed by atoms with van der Waals surface area (Å²) >= 11 is 0. The first-order chi connectivity index (χ1) is 17.3. The molecule has 2 N–H and O–H groups in total. The lowest BCUT2D eigenvalue weighted by Gasteiger charge is -2.47. The molecule has 2 bridgehead atoms. The Morgan fingerprint density at radius 2 is 1.72 bits per heavy atom. The van der Waals surface area contributed by atoms with Gasteiger partial charge < -0.3 is 10.3 Å². The van der Waals surface area contributed by atoms with Gasteiger partial charge in [0.2, 0.25) is 0 Å². The van der Waals surface area contributed by atoms with Crippen molar-refractivity contribution >= 4 is 16.9 Å². The van der Waals surface area contributed by atoms with E-state index in [1.807, 2.05) is 0 Å². The first kappa shape index (κ1) is 22.9. The van der Waals surface area contributed by atoms with E-state index in [0.29, 0.717) is 40.2 Å². The molecule has 4 aromatic rings. The molecular formula is C27H25F4N5. The Morgan fingerprint density at radius 1 is 0.972 bits per heavy atom. The number of nitrogens with zero attached hydrogens (tertiary/aromatic N) is 3. The molecule has 3 aromatic heterocycles. The molecule has 3 aliphatic rings. The maximum absolute atomic E-state index is 14.0. The van der Waals surface area contributed by atoms with Gasteiger partial charge in [-0.05, 0) is 55.6 Å². The normalized spacial score (nSPS) is 23.8. The number of aromatic nitrogens is 4.